The lowest BCUT2D eigenvalue weighted by Crippen LogP contribution is -2.42. The first kappa shape index (κ1) is 14.4. The molecule has 1 saturated heterocycles. The van der Waals surface area contributed by atoms with E-state index in [2.05, 4.69) is 26.0 Å². The number of nitrogens with one attached hydrogen (secondary N) is 1. The van der Waals surface area contributed by atoms with Crippen molar-refractivity contribution in [2.24, 2.45) is 0 Å². The van der Waals surface area contributed by atoms with Crippen LogP contribution in [0.15, 0.2) is 10.6 Å². The Bertz CT molecular complexity index is 419. The van der Waals surface area contributed by atoms with Gasteiger partial charge in [0.05, 0.1) is 19.3 Å². The van der Waals surface area contributed by atoms with Crippen molar-refractivity contribution < 1.29 is 19.0 Å². The topological polar surface area (TPSA) is 56.8 Å². The van der Waals surface area contributed by atoms with Crippen LogP contribution in [-0.2, 0) is 14.2 Å². The lowest BCUT2D eigenvalue weighted by molar-refractivity contribution is -0.191. The minimum Gasteiger partial charge on any atom is -0.453 e. The number of amides is 1. The molecule has 0 unspecified atom stereocenters. The van der Waals surface area contributed by atoms with Gasteiger partial charge in [-0.1, -0.05) is 22.4 Å². The second-order valence-electron chi connectivity index (χ2n) is 5.69. The summed E-state index contributed by atoms with van der Waals surface area (Å²) in [5.74, 6) is -0.391. The largest absolute Gasteiger partial charge is 0.453 e. The first-order valence-corrected chi connectivity index (χ1v) is 7.98. The molecular weight excluding hydrogens is 326 g/mol. The quantitative estimate of drug-likeness (QED) is 0.793. The van der Waals surface area contributed by atoms with Gasteiger partial charge in [-0.25, -0.2) is 4.79 Å². The van der Waals surface area contributed by atoms with Crippen LogP contribution in [0, 0.1) is 0 Å². The molecule has 1 aliphatic heterocycles. The minimum atomic E-state index is -0.426. The summed E-state index contributed by atoms with van der Waals surface area (Å²) in [5, 5.41) is 2.81. The molecule has 1 N–H and O–H groups in total. The molecule has 3 aliphatic rings. The van der Waals surface area contributed by atoms with Crippen LogP contribution in [0.3, 0.4) is 0 Å². The molecule has 2 fully saturated rings. The lowest BCUT2D eigenvalue weighted by atomic mass is 9.94. The van der Waals surface area contributed by atoms with Crippen molar-refractivity contribution in [1.82, 2.24) is 5.32 Å². The summed E-state index contributed by atoms with van der Waals surface area (Å²) in [6.45, 7) is 0. The molecule has 0 aromatic rings. The van der Waals surface area contributed by atoms with E-state index in [1.807, 2.05) is 6.08 Å². The van der Waals surface area contributed by atoms with Crippen LogP contribution in [0.2, 0.25) is 0 Å². The molecule has 0 aromatic carbocycles. The lowest BCUT2D eigenvalue weighted by Gasteiger charge is -2.31. The minimum absolute atomic E-state index is 0.0107. The number of halogens is 1. The van der Waals surface area contributed by atoms with Crippen LogP contribution in [0.1, 0.15) is 38.5 Å². The molecule has 6 heteroatoms. The molecule has 2 aliphatic carbocycles. The predicted octanol–water partition coefficient (Wildman–Crippen LogP) is 2.84. The Balaban J connectivity index is 1.69. The highest BCUT2D eigenvalue weighted by Gasteiger charge is 2.49. The van der Waals surface area contributed by atoms with Crippen molar-refractivity contribution in [3.8, 4) is 0 Å². The third kappa shape index (κ3) is 2.73. The molecular formula is C14H20BrNO4. The average molecular weight is 346 g/mol. The van der Waals surface area contributed by atoms with Crippen molar-refractivity contribution in [1.29, 1.82) is 0 Å². The first-order valence-electron chi connectivity index (χ1n) is 7.19. The molecule has 112 valence electrons. The summed E-state index contributed by atoms with van der Waals surface area (Å²) in [6.07, 6.45) is 7.82. The van der Waals surface area contributed by atoms with Gasteiger partial charge in [0.25, 0.3) is 0 Å². The molecule has 1 saturated carbocycles. The van der Waals surface area contributed by atoms with E-state index in [9.17, 15) is 4.79 Å². The number of hydrogen-bond donors (Lipinski definition) is 1. The van der Waals surface area contributed by atoms with Gasteiger partial charge in [-0.3, -0.25) is 0 Å². The zero-order valence-electron chi connectivity index (χ0n) is 11.6. The maximum Gasteiger partial charge on any atom is 0.407 e. The Kier molecular flexibility index (Phi) is 4.06. The predicted molar refractivity (Wildman–Crippen MR) is 76.5 cm³/mol. The molecule has 1 heterocycles. The summed E-state index contributed by atoms with van der Waals surface area (Å²) < 4.78 is 18.0. The zero-order chi connectivity index (χ0) is 14.2. The third-order valence-corrected chi connectivity index (χ3v) is 5.12. The second-order valence-corrected chi connectivity index (χ2v) is 6.60. The average Bonchev–Trinajstić information content (AvgIpc) is 2.76. The normalized spacial score (nSPS) is 35.3. The fraction of sp³-hybridized carbons (Fsp3) is 0.786. The van der Waals surface area contributed by atoms with E-state index in [0.717, 1.165) is 30.2 Å². The summed E-state index contributed by atoms with van der Waals surface area (Å²) in [5.41, 5.74) is 0. The number of fused-ring (bicyclic) bond motifs is 1. The molecule has 0 bridgehead atoms. The van der Waals surface area contributed by atoms with Crippen molar-refractivity contribution in [3.05, 3.63) is 10.6 Å². The first-order chi connectivity index (χ1) is 9.62. The fourth-order valence-corrected chi connectivity index (χ4v) is 3.85. The number of carbonyl (C=O) groups is 1. The van der Waals surface area contributed by atoms with Crippen molar-refractivity contribution in [2.45, 2.75) is 62.6 Å². The summed E-state index contributed by atoms with van der Waals surface area (Å²) in [4.78, 5) is 11.4. The van der Waals surface area contributed by atoms with E-state index >= 15 is 0 Å². The second kappa shape index (κ2) is 5.66. The molecule has 20 heavy (non-hydrogen) atoms. The monoisotopic (exact) mass is 345 g/mol. The van der Waals surface area contributed by atoms with Gasteiger partial charge in [0, 0.05) is 23.7 Å². The van der Waals surface area contributed by atoms with Crippen LogP contribution in [0.25, 0.3) is 0 Å². The van der Waals surface area contributed by atoms with Crippen LogP contribution in [0.5, 0.6) is 0 Å². The highest BCUT2D eigenvalue weighted by molar-refractivity contribution is 9.11. The summed E-state index contributed by atoms with van der Waals surface area (Å²) in [7, 11) is 1.37. The van der Waals surface area contributed by atoms with Crippen molar-refractivity contribution >= 4 is 22.0 Å². The van der Waals surface area contributed by atoms with Crippen molar-refractivity contribution in [2.75, 3.05) is 7.11 Å². The van der Waals surface area contributed by atoms with Crippen molar-refractivity contribution in [3.63, 3.8) is 0 Å². The smallest absolute Gasteiger partial charge is 0.407 e. The van der Waals surface area contributed by atoms with Gasteiger partial charge in [-0.2, -0.15) is 0 Å². The van der Waals surface area contributed by atoms with E-state index < -0.39 is 11.9 Å². The summed E-state index contributed by atoms with van der Waals surface area (Å²) >= 11 is 3.52. The Hall–Kier alpha value is -0.590. The SMILES string of the molecule is COC(=O)N[C@H]1C[C@@H]2OC3(CCCCC3)O[C@@H]2C=C1Br. The van der Waals surface area contributed by atoms with Crippen LogP contribution in [-0.4, -0.2) is 37.2 Å². The number of carbonyl (C=O) groups excluding carboxylic acids is 1. The Labute approximate surface area is 127 Å². The van der Waals surface area contributed by atoms with Gasteiger partial charge >= 0.3 is 6.09 Å². The molecule has 3 rings (SSSR count). The van der Waals surface area contributed by atoms with Gasteiger partial charge < -0.3 is 19.5 Å². The highest BCUT2D eigenvalue weighted by atomic mass is 79.9. The molecule has 3 atom stereocenters. The fourth-order valence-electron chi connectivity index (χ4n) is 3.29. The summed E-state index contributed by atoms with van der Waals surface area (Å²) in [6, 6.07) is -0.106. The van der Waals surface area contributed by atoms with E-state index in [0.29, 0.717) is 6.42 Å². The van der Waals surface area contributed by atoms with Gasteiger partial charge in [-0.05, 0) is 18.9 Å². The number of alkyl carbamates (subject to hydrolysis) is 1. The maximum atomic E-state index is 11.4. The van der Waals surface area contributed by atoms with Crippen LogP contribution in [0.4, 0.5) is 4.79 Å². The van der Waals surface area contributed by atoms with Gasteiger partial charge in [0.2, 0.25) is 0 Å². The molecule has 1 amide bonds. The van der Waals surface area contributed by atoms with Crippen LogP contribution < -0.4 is 5.32 Å². The number of methoxy groups -OCH3 is 1. The van der Waals surface area contributed by atoms with E-state index in [4.69, 9.17) is 9.47 Å². The number of hydrogen-bond acceptors (Lipinski definition) is 4. The van der Waals surface area contributed by atoms with Crippen LogP contribution >= 0.6 is 15.9 Å². The maximum absolute atomic E-state index is 11.4. The third-order valence-electron chi connectivity index (χ3n) is 4.30. The van der Waals surface area contributed by atoms with E-state index in [1.165, 1.54) is 13.5 Å². The van der Waals surface area contributed by atoms with Gasteiger partial charge in [0.1, 0.15) is 6.10 Å². The number of rotatable bonds is 1. The molecule has 0 aromatic heterocycles. The van der Waals surface area contributed by atoms with E-state index in [1.54, 1.807) is 0 Å². The standard InChI is InChI=1S/C14H20BrNO4/c1-18-13(17)16-10-8-12-11(7-9(10)15)19-14(20-12)5-3-2-4-6-14/h7,10-12H,2-6,8H2,1H3,(H,16,17)/t10-,11+,12-/m0/s1. The number of ether oxygens (including phenoxy) is 3. The molecule has 0 radical (unpaired) electrons. The van der Waals surface area contributed by atoms with Gasteiger partial charge in [0.15, 0.2) is 5.79 Å². The molecule has 5 nitrogen and oxygen atoms in total. The van der Waals surface area contributed by atoms with Gasteiger partial charge in [-0.15, -0.1) is 0 Å². The Morgan fingerprint density at radius 1 is 1.40 bits per heavy atom. The van der Waals surface area contributed by atoms with E-state index in [-0.39, 0.29) is 18.2 Å². The zero-order valence-corrected chi connectivity index (χ0v) is 13.1. The Morgan fingerprint density at radius 2 is 2.15 bits per heavy atom. The Morgan fingerprint density at radius 3 is 2.85 bits per heavy atom. The highest BCUT2D eigenvalue weighted by Crippen LogP contribution is 2.44. The molecule has 1 spiro atoms.